The van der Waals surface area contributed by atoms with Crippen molar-refractivity contribution < 1.29 is 26.4 Å². The lowest BCUT2D eigenvalue weighted by molar-refractivity contribution is -0.137. The average molecular weight is 618 g/mol. The number of nitrogens with one attached hydrogen (secondary N) is 1. The van der Waals surface area contributed by atoms with Crippen molar-refractivity contribution in [1.29, 1.82) is 0 Å². The third-order valence-electron chi connectivity index (χ3n) is 5.35. The van der Waals surface area contributed by atoms with Crippen LogP contribution in [-0.4, -0.2) is 24.6 Å². The molecule has 0 aliphatic carbocycles. The van der Waals surface area contributed by atoms with Crippen LogP contribution in [0.4, 0.5) is 18.9 Å². The smallest absolute Gasteiger partial charge is 0.325 e. The highest BCUT2D eigenvalue weighted by atomic mass is 127. The number of anilines is 1. The monoisotopic (exact) mass is 618 g/mol. The van der Waals surface area contributed by atoms with Crippen molar-refractivity contribution in [3.8, 4) is 0 Å². The van der Waals surface area contributed by atoms with Crippen molar-refractivity contribution in [3.05, 3.63) is 90.9 Å². The zero-order valence-corrected chi connectivity index (χ0v) is 22.0. The Hall–Kier alpha value is -2.67. The summed E-state index contributed by atoms with van der Waals surface area (Å²) in [4.78, 5) is 29.7. The van der Waals surface area contributed by atoms with Crippen LogP contribution in [0.15, 0.2) is 64.3 Å². The van der Waals surface area contributed by atoms with E-state index in [1.54, 1.807) is 20.8 Å². The van der Waals surface area contributed by atoms with Crippen molar-refractivity contribution in [3.63, 3.8) is 0 Å². The van der Waals surface area contributed by atoms with E-state index in [4.69, 9.17) is 0 Å². The van der Waals surface area contributed by atoms with Crippen molar-refractivity contribution in [2.24, 2.45) is 0 Å². The quantitative estimate of drug-likeness (QED) is 0.379. The molecule has 0 unspecified atom stereocenters. The lowest BCUT2D eigenvalue weighted by atomic mass is 10.1. The minimum Gasteiger partial charge on any atom is -0.325 e. The molecule has 11 heteroatoms. The van der Waals surface area contributed by atoms with E-state index in [0.717, 1.165) is 17.0 Å². The highest BCUT2D eigenvalue weighted by Crippen LogP contribution is 2.32. The lowest BCUT2D eigenvalue weighted by Gasteiger charge is -2.24. The third-order valence-corrected chi connectivity index (χ3v) is 8.64. The van der Waals surface area contributed by atoms with Crippen LogP contribution in [0, 0.1) is 10.5 Å². The van der Waals surface area contributed by atoms with Crippen LogP contribution in [-0.2, 0) is 22.6 Å². The van der Waals surface area contributed by atoms with Gasteiger partial charge in [-0.25, -0.2) is 8.42 Å². The molecule has 1 heterocycles. The third kappa shape index (κ3) is 5.95. The highest BCUT2D eigenvalue weighted by molar-refractivity contribution is 14.1. The molecule has 6 nitrogen and oxygen atoms in total. The Bertz CT molecular complexity index is 1420. The van der Waals surface area contributed by atoms with Crippen molar-refractivity contribution in [2.45, 2.75) is 43.6 Å². The van der Waals surface area contributed by atoms with E-state index < -0.39 is 38.3 Å². The zero-order chi connectivity index (χ0) is 26.1. The van der Waals surface area contributed by atoms with Crippen LogP contribution in [0.2, 0.25) is 0 Å². The highest BCUT2D eigenvalue weighted by Gasteiger charge is 2.32. The van der Waals surface area contributed by atoms with Crippen LogP contribution < -0.4 is 10.5 Å². The molecule has 0 bridgehead atoms. The molecule has 1 aromatic heterocycles. The fraction of sp³-hybridized carbons (Fsp3) is 0.250. The first-order valence-electron chi connectivity index (χ1n) is 10.4. The van der Waals surface area contributed by atoms with Gasteiger partial charge in [-0.2, -0.15) is 13.2 Å². The van der Waals surface area contributed by atoms with Crippen molar-refractivity contribution in [1.82, 2.24) is 4.98 Å². The Balaban J connectivity index is 2.08. The summed E-state index contributed by atoms with van der Waals surface area (Å²) in [5, 5.41) is -0.632. The Kier molecular flexibility index (Phi) is 7.80. The van der Waals surface area contributed by atoms with Crippen LogP contribution in [0.5, 0.6) is 0 Å². The van der Waals surface area contributed by atoms with Gasteiger partial charge in [0.2, 0.25) is 0 Å². The predicted molar refractivity (Wildman–Crippen MR) is 135 cm³/mol. The largest absolute Gasteiger partial charge is 0.416 e. The summed E-state index contributed by atoms with van der Waals surface area (Å²) in [5.74, 6) is -0.789. The maximum atomic E-state index is 13.4. The molecule has 3 rings (SSSR count). The molecule has 2 aromatic carbocycles. The van der Waals surface area contributed by atoms with Crippen LogP contribution in [0.1, 0.15) is 41.0 Å². The number of nitrogens with zero attached hydrogens (tertiary/aromatic N) is 1. The first-order chi connectivity index (χ1) is 16.2. The first kappa shape index (κ1) is 26.9. The molecule has 0 saturated heterocycles. The molecular weight excluding hydrogens is 596 g/mol. The van der Waals surface area contributed by atoms with Gasteiger partial charge in [-0.15, -0.1) is 0 Å². The van der Waals surface area contributed by atoms with Crippen LogP contribution >= 0.6 is 22.6 Å². The molecule has 3 aromatic rings. The number of rotatable bonds is 6. The van der Waals surface area contributed by atoms with Gasteiger partial charge in [0.05, 0.1) is 22.3 Å². The number of aromatic amines is 1. The van der Waals surface area contributed by atoms with Gasteiger partial charge in [0.1, 0.15) is 5.56 Å². The molecule has 0 saturated carbocycles. The molecule has 0 fully saturated rings. The number of H-pyrrole nitrogens is 1. The Morgan fingerprint density at radius 2 is 1.71 bits per heavy atom. The zero-order valence-electron chi connectivity index (χ0n) is 19.0. The van der Waals surface area contributed by atoms with E-state index in [9.17, 15) is 31.2 Å². The average Bonchev–Trinajstić information content (AvgIpc) is 2.79. The summed E-state index contributed by atoms with van der Waals surface area (Å²) < 4.78 is 65.5. The van der Waals surface area contributed by atoms with Gasteiger partial charge in [-0.05, 0) is 85.3 Å². The first-order valence-corrected chi connectivity index (χ1v) is 13.1. The van der Waals surface area contributed by atoms with E-state index >= 15 is 0 Å². The minimum atomic E-state index is -4.63. The molecule has 0 radical (unpaired) electrons. The van der Waals surface area contributed by atoms with Gasteiger partial charge in [0.25, 0.3) is 11.5 Å². The van der Waals surface area contributed by atoms with Crippen LogP contribution in [0.3, 0.4) is 0 Å². The van der Waals surface area contributed by atoms with E-state index in [-0.39, 0.29) is 22.7 Å². The number of aromatic nitrogens is 1. The Morgan fingerprint density at radius 1 is 1.09 bits per heavy atom. The maximum absolute atomic E-state index is 13.4. The van der Waals surface area contributed by atoms with E-state index in [1.165, 1.54) is 42.5 Å². The molecule has 35 heavy (non-hydrogen) atoms. The number of carbonyl (C=O) groups is 1. The van der Waals surface area contributed by atoms with E-state index in [0.29, 0.717) is 14.8 Å². The number of halogens is 4. The van der Waals surface area contributed by atoms with Gasteiger partial charge < -0.3 is 9.88 Å². The Labute approximate surface area is 214 Å². The summed E-state index contributed by atoms with van der Waals surface area (Å²) in [6.07, 6.45) is -4.63. The minimum absolute atomic E-state index is 0.0568. The van der Waals surface area contributed by atoms with Gasteiger partial charge in [0, 0.05) is 15.0 Å². The number of amides is 1. The number of hydrogen-bond donors (Lipinski definition) is 1. The standard InChI is InChI=1S/C24H22F3IN2O4S/c1-14(2)35(33,34)19-9-7-16(8-10-19)13-30(18-6-4-5-17(11-18)24(25,26)27)23(32)20-12-21(28)15(3)29-22(20)31/h4-12,14H,13H2,1-3H3,(H,29,31). The molecule has 0 aliphatic heterocycles. The molecule has 0 aliphatic rings. The second kappa shape index (κ2) is 10.1. The van der Waals surface area contributed by atoms with Crippen molar-refractivity contribution >= 4 is 44.0 Å². The second-order valence-electron chi connectivity index (χ2n) is 8.16. The number of aryl methyl sites for hydroxylation is 1. The summed E-state index contributed by atoms with van der Waals surface area (Å²) in [6, 6.07) is 11.4. The predicted octanol–water partition coefficient (Wildman–Crippen LogP) is 5.34. The lowest BCUT2D eigenvalue weighted by Crippen LogP contribution is -2.35. The number of benzene rings is 2. The van der Waals surface area contributed by atoms with Crippen LogP contribution in [0.25, 0.3) is 0 Å². The number of hydrogen-bond acceptors (Lipinski definition) is 4. The maximum Gasteiger partial charge on any atom is 0.416 e. The van der Waals surface area contributed by atoms with Gasteiger partial charge in [-0.1, -0.05) is 18.2 Å². The number of sulfone groups is 1. The molecule has 0 atom stereocenters. The normalized spacial score (nSPS) is 12.1. The van der Waals surface area contributed by atoms with Gasteiger partial charge in [-0.3, -0.25) is 9.59 Å². The fourth-order valence-electron chi connectivity index (χ4n) is 3.27. The van der Waals surface area contributed by atoms with E-state index in [2.05, 4.69) is 4.98 Å². The summed E-state index contributed by atoms with van der Waals surface area (Å²) >= 11 is 1.95. The molecule has 186 valence electrons. The molecular formula is C24H22F3IN2O4S. The summed E-state index contributed by atoms with van der Waals surface area (Å²) in [6.45, 7) is 4.58. The SMILES string of the molecule is Cc1[nH]c(=O)c(C(=O)N(Cc2ccc(S(=O)(=O)C(C)C)cc2)c2cccc(C(F)(F)F)c2)cc1I. The second-order valence-corrected chi connectivity index (χ2v) is 11.8. The van der Waals surface area contributed by atoms with E-state index in [1.807, 2.05) is 22.6 Å². The number of alkyl halides is 3. The summed E-state index contributed by atoms with van der Waals surface area (Å²) in [7, 11) is -3.52. The number of pyridine rings is 1. The molecule has 1 amide bonds. The topological polar surface area (TPSA) is 87.3 Å². The van der Waals surface area contributed by atoms with Gasteiger partial charge >= 0.3 is 6.18 Å². The molecule has 1 N–H and O–H groups in total. The fourth-order valence-corrected chi connectivity index (χ4v) is 4.78. The Morgan fingerprint density at radius 3 is 2.29 bits per heavy atom. The summed E-state index contributed by atoms with van der Waals surface area (Å²) in [5.41, 5.74) is -0.867. The van der Waals surface area contributed by atoms with Crippen molar-refractivity contribution in [2.75, 3.05) is 4.90 Å². The molecule has 0 spiro atoms. The number of carbonyl (C=O) groups excluding carboxylic acids is 1. The van der Waals surface area contributed by atoms with Gasteiger partial charge in [0.15, 0.2) is 9.84 Å².